The molecule has 146 valence electrons. The van der Waals surface area contributed by atoms with Crippen LogP contribution < -0.4 is 10.1 Å². The van der Waals surface area contributed by atoms with E-state index < -0.39 is 5.72 Å². The van der Waals surface area contributed by atoms with E-state index in [0.717, 1.165) is 48.6 Å². The average Bonchev–Trinajstić information content (AvgIpc) is 2.65. The third-order valence-corrected chi connectivity index (χ3v) is 5.68. The Hall–Kier alpha value is -1.75. The molecule has 2 aromatic carbocycles. The molecule has 1 aliphatic rings. The molecule has 3 rings (SSSR count). The lowest BCUT2D eigenvalue weighted by molar-refractivity contribution is -0.0834. The molecule has 0 saturated carbocycles. The van der Waals surface area contributed by atoms with Crippen molar-refractivity contribution < 1.29 is 9.84 Å². The summed E-state index contributed by atoms with van der Waals surface area (Å²) in [6.45, 7) is 11.8. The van der Waals surface area contributed by atoms with Gasteiger partial charge in [-0.15, -0.1) is 0 Å². The van der Waals surface area contributed by atoms with Crippen molar-refractivity contribution in [3.63, 3.8) is 0 Å². The largest absolute Gasteiger partial charge is 0.508 e. The molecule has 5 heteroatoms. The summed E-state index contributed by atoms with van der Waals surface area (Å²) in [4.78, 5) is 2.33. The van der Waals surface area contributed by atoms with E-state index in [-0.39, 0.29) is 5.92 Å². The van der Waals surface area contributed by atoms with Gasteiger partial charge in [-0.3, -0.25) is 4.90 Å². The van der Waals surface area contributed by atoms with E-state index in [0.29, 0.717) is 10.8 Å². The van der Waals surface area contributed by atoms with E-state index >= 15 is 0 Å². The fourth-order valence-electron chi connectivity index (χ4n) is 3.66. The van der Waals surface area contributed by atoms with Gasteiger partial charge in [0.05, 0.1) is 0 Å². The fraction of sp³-hybridized carbons (Fsp3) is 0.455. The maximum Gasteiger partial charge on any atom is 0.188 e. The Bertz CT molecular complexity index is 803. The van der Waals surface area contributed by atoms with Crippen LogP contribution in [0.2, 0.25) is 5.02 Å². The Morgan fingerprint density at radius 2 is 1.85 bits per heavy atom. The number of nitrogens with zero attached hydrogens (tertiary/aromatic N) is 1. The molecule has 2 aromatic rings. The summed E-state index contributed by atoms with van der Waals surface area (Å²) < 4.78 is 6.74. The highest BCUT2D eigenvalue weighted by Crippen LogP contribution is 2.40. The van der Waals surface area contributed by atoms with Gasteiger partial charge < -0.3 is 15.2 Å². The molecule has 0 aliphatic carbocycles. The lowest BCUT2D eigenvalue weighted by Gasteiger charge is -2.44. The van der Waals surface area contributed by atoms with E-state index in [2.05, 4.69) is 31.0 Å². The molecule has 1 heterocycles. The molecule has 0 amide bonds. The smallest absolute Gasteiger partial charge is 0.188 e. The Kier molecular flexibility index (Phi) is 5.99. The Balaban J connectivity index is 2.10. The summed E-state index contributed by atoms with van der Waals surface area (Å²) >= 11 is 6.59. The molecular formula is C22H29ClN2O2. The van der Waals surface area contributed by atoms with Crippen molar-refractivity contribution in [2.24, 2.45) is 0 Å². The quantitative estimate of drug-likeness (QED) is 0.783. The monoisotopic (exact) mass is 388 g/mol. The number of benzene rings is 2. The van der Waals surface area contributed by atoms with Crippen molar-refractivity contribution in [3.05, 3.63) is 58.1 Å². The first-order valence-electron chi connectivity index (χ1n) is 9.56. The SMILES string of the molecule is Cc1cc(OC(C)(c2ccccc2Cl)N2CCNCC2)c(C(C)C)cc1O. The van der Waals surface area contributed by atoms with Gasteiger partial charge in [0.15, 0.2) is 5.72 Å². The zero-order valence-corrected chi connectivity index (χ0v) is 17.3. The minimum Gasteiger partial charge on any atom is -0.508 e. The molecule has 0 bridgehead atoms. The molecule has 27 heavy (non-hydrogen) atoms. The summed E-state index contributed by atoms with van der Waals surface area (Å²) in [7, 11) is 0. The predicted molar refractivity (Wildman–Crippen MR) is 111 cm³/mol. The molecular weight excluding hydrogens is 360 g/mol. The molecule has 2 N–H and O–H groups in total. The van der Waals surface area contributed by atoms with Gasteiger partial charge in [-0.05, 0) is 43.5 Å². The Morgan fingerprint density at radius 3 is 2.48 bits per heavy atom. The van der Waals surface area contributed by atoms with Crippen molar-refractivity contribution >= 4 is 11.6 Å². The lowest BCUT2D eigenvalue weighted by Crippen LogP contribution is -2.56. The highest BCUT2D eigenvalue weighted by molar-refractivity contribution is 6.31. The van der Waals surface area contributed by atoms with Crippen LogP contribution in [0.3, 0.4) is 0 Å². The van der Waals surface area contributed by atoms with Crippen LogP contribution >= 0.6 is 11.6 Å². The van der Waals surface area contributed by atoms with Gasteiger partial charge in [0, 0.05) is 42.3 Å². The normalized spacial score (nSPS) is 17.7. The molecule has 1 atom stereocenters. The summed E-state index contributed by atoms with van der Waals surface area (Å²) in [5.41, 5.74) is 2.05. The Labute approximate surface area is 167 Å². The molecule has 1 unspecified atom stereocenters. The summed E-state index contributed by atoms with van der Waals surface area (Å²) in [5, 5.41) is 14.3. The number of rotatable bonds is 5. The minimum atomic E-state index is -0.701. The maximum atomic E-state index is 10.2. The number of hydrogen-bond donors (Lipinski definition) is 2. The van der Waals surface area contributed by atoms with Crippen molar-refractivity contribution in [2.75, 3.05) is 26.2 Å². The van der Waals surface area contributed by atoms with Crippen LogP contribution in [-0.4, -0.2) is 36.2 Å². The number of aryl methyl sites for hydroxylation is 1. The topological polar surface area (TPSA) is 44.7 Å². The van der Waals surface area contributed by atoms with Gasteiger partial charge in [-0.25, -0.2) is 0 Å². The van der Waals surface area contributed by atoms with Crippen LogP contribution in [0.4, 0.5) is 0 Å². The van der Waals surface area contributed by atoms with Gasteiger partial charge in [0.2, 0.25) is 0 Å². The predicted octanol–water partition coefficient (Wildman–Crippen LogP) is 4.63. The van der Waals surface area contributed by atoms with Crippen LogP contribution in [0.1, 0.15) is 43.4 Å². The van der Waals surface area contributed by atoms with E-state index in [1.54, 1.807) is 0 Å². The number of ether oxygens (including phenoxy) is 1. The zero-order valence-electron chi connectivity index (χ0n) is 16.6. The molecule has 1 fully saturated rings. The lowest BCUT2D eigenvalue weighted by atomic mass is 9.98. The molecule has 1 aliphatic heterocycles. The summed E-state index contributed by atoms with van der Waals surface area (Å²) in [5.74, 6) is 1.32. The van der Waals surface area contributed by atoms with Gasteiger partial charge in [-0.1, -0.05) is 43.6 Å². The van der Waals surface area contributed by atoms with Crippen molar-refractivity contribution in [3.8, 4) is 11.5 Å². The third kappa shape index (κ3) is 4.08. The van der Waals surface area contributed by atoms with E-state index in [1.165, 1.54) is 0 Å². The first-order chi connectivity index (χ1) is 12.8. The molecule has 1 saturated heterocycles. The zero-order chi connectivity index (χ0) is 19.6. The van der Waals surface area contributed by atoms with Gasteiger partial charge in [0.25, 0.3) is 0 Å². The van der Waals surface area contributed by atoms with Gasteiger partial charge in [-0.2, -0.15) is 0 Å². The highest BCUT2D eigenvalue weighted by Gasteiger charge is 2.39. The molecule has 0 spiro atoms. The molecule has 0 aromatic heterocycles. The van der Waals surface area contributed by atoms with Crippen molar-refractivity contribution in [1.82, 2.24) is 10.2 Å². The first kappa shape index (κ1) is 20.0. The van der Waals surface area contributed by atoms with Gasteiger partial charge in [0.1, 0.15) is 11.5 Å². The van der Waals surface area contributed by atoms with Gasteiger partial charge >= 0.3 is 0 Å². The number of phenols is 1. The van der Waals surface area contributed by atoms with Crippen LogP contribution in [0.5, 0.6) is 11.5 Å². The van der Waals surface area contributed by atoms with Crippen LogP contribution in [0.25, 0.3) is 0 Å². The number of halogens is 1. The van der Waals surface area contributed by atoms with E-state index in [4.69, 9.17) is 16.3 Å². The second-order valence-corrected chi connectivity index (χ2v) is 8.04. The maximum absolute atomic E-state index is 10.2. The fourth-order valence-corrected chi connectivity index (χ4v) is 3.97. The minimum absolute atomic E-state index is 0.227. The second-order valence-electron chi connectivity index (χ2n) is 7.63. The number of hydrogen-bond acceptors (Lipinski definition) is 4. The highest BCUT2D eigenvalue weighted by atomic mass is 35.5. The number of piperazine rings is 1. The van der Waals surface area contributed by atoms with Crippen molar-refractivity contribution in [2.45, 2.75) is 39.3 Å². The molecule has 0 radical (unpaired) electrons. The number of nitrogens with one attached hydrogen (secondary N) is 1. The summed E-state index contributed by atoms with van der Waals surface area (Å²) in [6, 6.07) is 11.6. The standard InChI is InChI=1S/C22H29ClN2O2/c1-15(2)17-14-20(26)16(3)13-21(17)27-22(4,25-11-9-24-10-12-25)18-7-5-6-8-19(18)23/h5-8,13-15,24,26H,9-12H2,1-4H3. The number of phenolic OH excluding ortho intramolecular Hbond substituents is 1. The van der Waals surface area contributed by atoms with Crippen molar-refractivity contribution in [1.29, 1.82) is 0 Å². The third-order valence-electron chi connectivity index (χ3n) is 5.35. The molecule has 4 nitrogen and oxygen atoms in total. The summed E-state index contributed by atoms with van der Waals surface area (Å²) in [6.07, 6.45) is 0. The number of aromatic hydroxyl groups is 1. The second kappa shape index (κ2) is 8.09. The van der Waals surface area contributed by atoms with E-state index in [1.807, 2.05) is 43.3 Å². The van der Waals surface area contributed by atoms with Crippen LogP contribution in [-0.2, 0) is 5.72 Å². The first-order valence-corrected chi connectivity index (χ1v) is 9.94. The van der Waals surface area contributed by atoms with Crippen LogP contribution in [0.15, 0.2) is 36.4 Å². The average molecular weight is 389 g/mol. The van der Waals surface area contributed by atoms with Crippen LogP contribution in [0, 0.1) is 6.92 Å². The Morgan fingerprint density at radius 1 is 1.19 bits per heavy atom. The van der Waals surface area contributed by atoms with E-state index in [9.17, 15) is 5.11 Å².